The number of aromatic nitrogens is 1. The fraction of sp³-hybridized carbons (Fsp3) is 0.136. The van der Waals surface area contributed by atoms with Crippen molar-refractivity contribution < 1.29 is 27.5 Å². The third kappa shape index (κ3) is 4.67. The number of amides is 4. The zero-order chi connectivity index (χ0) is 25.4. The molecule has 1 aromatic carbocycles. The second-order valence-corrected chi connectivity index (χ2v) is 11.3. The normalized spacial score (nSPS) is 15.2. The number of hydrogen-bond donors (Lipinski definition) is 2. The number of anilines is 2. The molecule has 2 aliphatic rings. The van der Waals surface area contributed by atoms with Crippen LogP contribution >= 0.6 is 22.9 Å². The molecule has 0 radical (unpaired) electrons. The number of carbonyl (C=O) groups is 3. The highest BCUT2D eigenvalue weighted by Crippen LogP contribution is 2.27. The number of fused-ring (bicyclic) bond motifs is 1. The van der Waals surface area contributed by atoms with Gasteiger partial charge in [-0.05, 0) is 48.0 Å². The highest BCUT2D eigenvalue weighted by molar-refractivity contribution is 7.92. The number of urea groups is 1. The molecule has 5 rings (SSSR count). The van der Waals surface area contributed by atoms with E-state index in [4.69, 9.17) is 16.3 Å². The van der Waals surface area contributed by atoms with Gasteiger partial charge in [0.05, 0.1) is 29.2 Å². The first kappa shape index (κ1) is 23.9. The van der Waals surface area contributed by atoms with E-state index in [0.29, 0.717) is 35.7 Å². The summed E-state index contributed by atoms with van der Waals surface area (Å²) in [6, 6.07) is 9.50. The zero-order valence-electron chi connectivity index (χ0n) is 18.2. The average molecular weight is 546 g/mol. The number of sulfonamides is 1. The van der Waals surface area contributed by atoms with E-state index < -0.39 is 27.9 Å². The lowest BCUT2D eigenvalue weighted by atomic mass is 9.96. The lowest BCUT2D eigenvalue weighted by Gasteiger charge is -2.26. The van der Waals surface area contributed by atoms with Crippen molar-refractivity contribution in [1.29, 1.82) is 0 Å². The molecule has 4 amide bonds. The summed E-state index contributed by atoms with van der Waals surface area (Å²) in [4.78, 5) is 47.4. The molecule has 36 heavy (non-hydrogen) atoms. The van der Waals surface area contributed by atoms with Gasteiger partial charge in [0.1, 0.15) is 16.6 Å². The highest BCUT2D eigenvalue weighted by Gasteiger charge is 2.33. The van der Waals surface area contributed by atoms with Crippen molar-refractivity contribution >= 4 is 68.2 Å². The zero-order valence-corrected chi connectivity index (χ0v) is 20.6. The van der Waals surface area contributed by atoms with Crippen LogP contribution in [0.2, 0.25) is 4.34 Å². The molecule has 0 saturated carbocycles. The van der Waals surface area contributed by atoms with Crippen molar-refractivity contribution in [2.24, 2.45) is 4.99 Å². The maximum absolute atomic E-state index is 13.1. The molecule has 0 saturated heterocycles. The molecule has 0 bridgehead atoms. The van der Waals surface area contributed by atoms with Crippen molar-refractivity contribution in [2.45, 2.75) is 10.6 Å². The SMILES string of the molecule is O=C(Nc1ccc(N2C(=O)Cc3cc(C4=NCCO4)ccc3C2=O)nc1)NS(=O)(=O)c1ccc(Cl)s1. The minimum absolute atomic E-state index is 0.0170. The van der Waals surface area contributed by atoms with Gasteiger partial charge in [-0.25, -0.2) is 32.8 Å². The first-order chi connectivity index (χ1) is 17.2. The standard InChI is InChI=1S/C22H16ClN5O6S2/c23-16-4-6-19(35-16)36(32,33)27-22(31)26-14-2-5-17(25-11-14)28-18(29)10-13-9-12(20-24-7-8-34-20)1-3-15(13)21(28)30/h1-6,9,11H,7-8,10H2,(H2,26,27,31). The van der Waals surface area contributed by atoms with Crippen LogP contribution in [0.1, 0.15) is 21.5 Å². The number of hydrogen-bond acceptors (Lipinski definition) is 9. The fourth-order valence-corrected chi connectivity index (χ4v) is 6.05. The van der Waals surface area contributed by atoms with Gasteiger partial charge < -0.3 is 10.1 Å². The fourth-order valence-electron chi connectivity index (χ4n) is 3.66. The second-order valence-electron chi connectivity index (χ2n) is 7.64. The molecule has 2 aromatic heterocycles. The van der Waals surface area contributed by atoms with Gasteiger partial charge in [0.25, 0.3) is 15.9 Å². The largest absolute Gasteiger partial charge is 0.476 e. The van der Waals surface area contributed by atoms with E-state index in [2.05, 4.69) is 15.3 Å². The lowest BCUT2D eigenvalue weighted by molar-refractivity contribution is -0.117. The molecule has 2 aliphatic heterocycles. The minimum Gasteiger partial charge on any atom is -0.476 e. The predicted octanol–water partition coefficient (Wildman–Crippen LogP) is 2.81. The van der Waals surface area contributed by atoms with E-state index in [1.54, 1.807) is 18.2 Å². The monoisotopic (exact) mass is 545 g/mol. The number of rotatable bonds is 5. The van der Waals surface area contributed by atoms with E-state index in [1.165, 1.54) is 30.5 Å². The second kappa shape index (κ2) is 9.33. The summed E-state index contributed by atoms with van der Waals surface area (Å²) < 4.78 is 32.0. The lowest BCUT2D eigenvalue weighted by Crippen LogP contribution is -2.43. The molecule has 0 unspecified atom stereocenters. The van der Waals surface area contributed by atoms with Crippen molar-refractivity contribution in [2.75, 3.05) is 23.4 Å². The van der Waals surface area contributed by atoms with Gasteiger partial charge in [-0.3, -0.25) is 9.59 Å². The summed E-state index contributed by atoms with van der Waals surface area (Å²) in [5.41, 5.74) is 1.78. The minimum atomic E-state index is -4.10. The summed E-state index contributed by atoms with van der Waals surface area (Å²) >= 11 is 6.55. The van der Waals surface area contributed by atoms with Crippen molar-refractivity contribution in [1.82, 2.24) is 9.71 Å². The smallest absolute Gasteiger partial charge is 0.333 e. The molecule has 0 fully saturated rings. The summed E-state index contributed by atoms with van der Waals surface area (Å²) in [6.07, 6.45) is 1.19. The molecule has 184 valence electrons. The number of ether oxygens (including phenoxy) is 1. The maximum atomic E-state index is 13.1. The molecule has 0 spiro atoms. The van der Waals surface area contributed by atoms with Crippen LogP contribution in [0.15, 0.2) is 57.9 Å². The van der Waals surface area contributed by atoms with Crippen molar-refractivity contribution in [3.8, 4) is 0 Å². The topological polar surface area (TPSA) is 147 Å². The predicted molar refractivity (Wildman–Crippen MR) is 132 cm³/mol. The van der Waals surface area contributed by atoms with Gasteiger partial charge in [0, 0.05) is 11.1 Å². The Morgan fingerprint density at radius 3 is 2.64 bits per heavy atom. The number of halogens is 1. The molecule has 11 nitrogen and oxygen atoms in total. The number of pyridine rings is 1. The van der Waals surface area contributed by atoms with E-state index in [0.717, 1.165) is 16.2 Å². The number of carbonyl (C=O) groups excluding carboxylic acids is 3. The van der Waals surface area contributed by atoms with Crippen LogP contribution in [0.4, 0.5) is 16.3 Å². The third-order valence-corrected chi connectivity index (χ3v) is 8.29. The van der Waals surface area contributed by atoms with Crippen molar-refractivity contribution in [3.63, 3.8) is 0 Å². The molecule has 2 N–H and O–H groups in total. The van der Waals surface area contributed by atoms with Gasteiger partial charge in [-0.15, -0.1) is 11.3 Å². The van der Waals surface area contributed by atoms with Crippen LogP contribution in [0.25, 0.3) is 0 Å². The van der Waals surface area contributed by atoms with E-state index in [9.17, 15) is 22.8 Å². The molecular formula is C22H16ClN5O6S2. The Morgan fingerprint density at radius 2 is 1.97 bits per heavy atom. The molecule has 3 aromatic rings. The van der Waals surface area contributed by atoms with Crippen LogP contribution < -0.4 is 14.9 Å². The summed E-state index contributed by atoms with van der Waals surface area (Å²) in [6.45, 7) is 1.06. The Hall–Kier alpha value is -3.81. The van der Waals surface area contributed by atoms with Crippen LogP contribution in [0, 0.1) is 0 Å². The van der Waals surface area contributed by atoms with Crippen LogP contribution in [-0.2, 0) is 26.0 Å². The van der Waals surface area contributed by atoms with Gasteiger partial charge in [-0.2, -0.15) is 0 Å². The Kier molecular flexibility index (Phi) is 6.20. The number of benzene rings is 1. The first-order valence-corrected chi connectivity index (χ1v) is 13.1. The quantitative estimate of drug-likeness (QED) is 0.468. The third-order valence-electron chi connectivity index (χ3n) is 5.24. The number of nitrogens with one attached hydrogen (secondary N) is 2. The maximum Gasteiger partial charge on any atom is 0.333 e. The molecule has 4 heterocycles. The Bertz CT molecular complexity index is 1530. The van der Waals surface area contributed by atoms with E-state index >= 15 is 0 Å². The van der Waals surface area contributed by atoms with Gasteiger partial charge in [0.2, 0.25) is 11.8 Å². The first-order valence-electron chi connectivity index (χ1n) is 10.4. The van der Waals surface area contributed by atoms with Gasteiger partial charge in [-0.1, -0.05) is 11.6 Å². The number of imide groups is 1. The molecule has 0 aliphatic carbocycles. The van der Waals surface area contributed by atoms with Crippen LogP contribution in [0.5, 0.6) is 0 Å². The molecular weight excluding hydrogens is 530 g/mol. The Labute approximate surface area is 213 Å². The van der Waals surface area contributed by atoms with Crippen LogP contribution in [-0.4, -0.2) is 50.3 Å². The molecule has 0 atom stereocenters. The van der Waals surface area contributed by atoms with Gasteiger partial charge >= 0.3 is 6.03 Å². The van der Waals surface area contributed by atoms with E-state index in [-0.39, 0.29) is 26.5 Å². The van der Waals surface area contributed by atoms with Crippen molar-refractivity contribution in [3.05, 3.63) is 69.7 Å². The summed E-state index contributed by atoms with van der Waals surface area (Å²) in [5, 5.41) is 2.34. The molecule has 14 heteroatoms. The average Bonchev–Trinajstić information content (AvgIpc) is 3.52. The Morgan fingerprint density at radius 1 is 1.14 bits per heavy atom. The Balaban J connectivity index is 1.29. The van der Waals surface area contributed by atoms with Gasteiger partial charge in [0.15, 0.2) is 0 Å². The summed E-state index contributed by atoms with van der Waals surface area (Å²) in [5.74, 6) is -0.449. The highest BCUT2D eigenvalue weighted by atomic mass is 35.5. The number of aliphatic imine (C=N–C) groups is 1. The summed E-state index contributed by atoms with van der Waals surface area (Å²) in [7, 11) is -4.10. The van der Waals surface area contributed by atoms with E-state index in [1.807, 2.05) is 4.72 Å². The van der Waals surface area contributed by atoms with Crippen LogP contribution in [0.3, 0.4) is 0 Å². The number of thiophene rings is 1. The number of nitrogens with zero attached hydrogens (tertiary/aromatic N) is 3.